The number of aryl methyl sites for hydroxylation is 1. The highest BCUT2D eigenvalue weighted by Crippen LogP contribution is 2.41. The summed E-state index contributed by atoms with van der Waals surface area (Å²) >= 11 is 1.62. The molecule has 0 radical (unpaired) electrons. The average molecular weight is 434 g/mol. The van der Waals surface area contributed by atoms with Crippen molar-refractivity contribution < 1.29 is 9.90 Å². The molecule has 0 saturated carbocycles. The number of carbonyl (C=O) groups is 1. The molecular weight excluding hydrogens is 410 g/mol. The van der Waals surface area contributed by atoms with Gasteiger partial charge in [-0.3, -0.25) is 9.59 Å². The Balaban J connectivity index is 1.55. The van der Waals surface area contributed by atoms with Crippen LogP contribution in [0.3, 0.4) is 0 Å². The van der Waals surface area contributed by atoms with E-state index < -0.39 is 17.1 Å². The maximum absolute atomic E-state index is 12.9. The second-order valence-electron chi connectivity index (χ2n) is 8.14. The maximum atomic E-state index is 12.9. The van der Waals surface area contributed by atoms with Crippen LogP contribution in [0.15, 0.2) is 59.4 Å². The number of rotatable bonds is 3. The predicted octanol–water partition coefficient (Wildman–Crippen LogP) is 3.34. The fraction of sp³-hybridized carbons (Fsp3) is 0.250. The number of hydrogen-bond donors (Lipinski definition) is 2. The van der Waals surface area contributed by atoms with Crippen molar-refractivity contribution in [2.24, 2.45) is 12.8 Å². The predicted molar refractivity (Wildman–Crippen MR) is 125 cm³/mol. The van der Waals surface area contributed by atoms with E-state index in [1.54, 1.807) is 18.4 Å². The number of thiophene rings is 1. The molecule has 2 aromatic heterocycles. The number of aromatic nitrogens is 1. The van der Waals surface area contributed by atoms with Crippen LogP contribution in [0, 0.1) is 0 Å². The lowest BCUT2D eigenvalue weighted by Gasteiger charge is -2.39. The minimum Gasteiger partial charge on any atom is -0.384 e. The van der Waals surface area contributed by atoms with Crippen LogP contribution in [0.25, 0.3) is 21.0 Å². The summed E-state index contributed by atoms with van der Waals surface area (Å²) in [6, 6.07) is 17.7. The van der Waals surface area contributed by atoms with E-state index in [0.717, 1.165) is 25.9 Å². The van der Waals surface area contributed by atoms with E-state index >= 15 is 0 Å². The van der Waals surface area contributed by atoms with Crippen LogP contribution in [0.5, 0.6) is 0 Å². The zero-order valence-corrected chi connectivity index (χ0v) is 18.0. The van der Waals surface area contributed by atoms with Crippen molar-refractivity contribution in [3.8, 4) is 0 Å². The van der Waals surface area contributed by atoms with Gasteiger partial charge in [0, 0.05) is 35.1 Å². The van der Waals surface area contributed by atoms with Crippen molar-refractivity contribution in [2.45, 2.75) is 18.4 Å². The standard InChI is InChI=1S/C24H23N3O3S/c1-26-17-8-4-3-7-16(17)21(20(22(25)28)23(26)29)27-12-10-24(30,11-13-27)19-14-15-6-2-5-9-18(15)31-19/h2-9,14,30H,10-13H2,1H3,(H2,25,28). The Hall–Kier alpha value is -3.16. The number of carbonyl (C=O) groups excluding carboxylic acids is 1. The first-order chi connectivity index (χ1) is 14.9. The van der Waals surface area contributed by atoms with E-state index in [1.807, 2.05) is 41.3 Å². The molecule has 0 spiro atoms. The molecule has 0 atom stereocenters. The molecule has 4 aromatic rings. The van der Waals surface area contributed by atoms with Crippen LogP contribution in [-0.2, 0) is 12.6 Å². The van der Waals surface area contributed by atoms with Crippen molar-refractivity contribution in [1.29, 1.82) is 0 Å². The molecule has 0 aliphatic carbocycles. The number of piperidine rings is 1. The number of hydrogen-bond acceptors (Lipinski definition) is 5. The van der Waals surface area contributed by atoms with Gasteiger partial charge in [-0.25, -0.2) is 0 Å². The van der Waals surface area contributed by atoms with Crippen molar-refractivity contribution in [3.05, 3.63) is 75.4 Å². The Bertz CT molecular complexity index is 1350. The first kappa shape index (κ1) is 19.8. The molecule has 6 nitrogen and oxygen atoms in total. The van der Waals surface area contributed by atoms with Gasteiger partial charge in [-0.15, -0.1) is 11.3 Å². The molecule has 0 bridgehead atoms. The molecule has 1 fully saturated rings. The number of nitrogens with two attached hydrogens (primary N) is 1. The van der Waals surface area contributed by atoms with Crippen LogP contribution >= 0.6 is 11.3 Å². The summed E-state index contributed by atoms with van der Waals surface area (Å²) < 4.78 is 2.62. The number of para-hydroxylation sites is 1. The van der Waals surface area contributed by atoms with Gasteiger partial charge >= 0.3 is 0 Å². The molecule has 31 heavy (non-hydrogen) atoms. The summed E-state index contributed by atoms with van der Waals surface area (Å²) in [7, 11) is 1.65. The molecule has 7 heteroatoms. The summed E-state index contributed by atoms with van der Waals surface area (Å²) in [5.74, 6) is -0.730. The van der Waals surface area contributed by atoms with Gasteiger partial charge in [0.05, 0.1) is 11.2 Å². The Morgan fingerprint density at radius 1 is 1.10 bits per heavy atom. The summed E-state index contributed by atoms with van der Waals surface area (Å²) in [6.07, 6.45) is 1.00. The first-order valence-corrected chi connectivity index (χ1v) is 11.1. The lowest BCUT2D eigenvalue weighted by molar-refractivity contribution is 0.0154. The second kappa shape index (κ2) is 7.21. The highest BCUT2D eigenvalue weighted by Gasteiger charge is 2.37. The normalized spacial score (nSPS) is 16.1. The number of nitrogens with zero attached hydrogens (tertiary/aromatic N) is 2. The van der Waals surface area contributed by atoms with Crippen molar-refractivity contribution in [3.63, 3.8) is 0 Å². The van der Waals surface area contributed by atoms with Crippen LogP contribution in [0.4, 0.5) is 5.69 Å². The van der Waals surface area contributed by atoms with Crippen molar-refractivity contribution >= 4 is 43.9 Å². The van der Waals surface area contributed by atoms with E-state index in [0.29, 0.717) is 31.6 Å². The van der Waals surface area contributed by atoms with Crippen LogP contribution in [0.1, 0.15) is 28.1 Å². The van der Waals surface area contributed by atoms with Crippen LogP contribution in [0.2, 0.25) is 0 Å². The SMILES string of the molecule is Cn1c(=O)c(C(N)=O)c(N2CCC(O)(c3cc4ccccc4s3)CC2)c2ccccc21. The number of aliphatic hydroxyl groups is 1. The summed E-state index contributed by atoms with van der Waals surface area (Å²) in [5.41, 5.74) is 5.65. The van der Waals surface area contributed by atoms with E-state index in [-0.39, 0.29) is 5.56 Å². The largest absolute Gasteiger partial charge is 0.384 e. The summed E-state index contributed by atoms with van der Waals surface area (Å²) in [5, 5.41) is 13.4. The molecule has 1 amide bonds. The number of benzene rings is 2. The highest BCUT2D eigenvalue weighted by atomic mass is 32.1. The van der Waals surface area contributed by atoms with Gasteiger partial charge in [0.15, 0.2) is 0 Å². The van der Waals surface area contributed by atoms with Crippen molar-refractivity contribution in [2.75, 3.05) is 18.0 Å². The van der Waals surface area contributed by atoms with E-state index in [4.69, 9.17) is 5.73 Å². The van der Waals surface area contributed by atoms with Gasteiger partial charge in [0.1, 0.15) is 11.2 Å². The van der Waals surface area contributed by atoms with Gasteiger partial charge in [-0.05, 0) is 36.4 Å². The quantitative estimate of drug-likeness (QED) is 0.519. The molecular formula is C24H23N3O3S. The number of fused-ring (bicyclic) bond motifs is 2. The fourth-order valence-corrected chi connectivity index (χ4v) is 5.80. The highest BCUT2D eigenvalue weighted by molar-refractivity contribution is 7.19. The molecule has 158 valence electrons. The lowest BCUT2D eigenvalue weighted by Crippen LogP contribution is -2.44. The maximum Gasteiger partial charge on any atom is 0.265 e. The number of amides is 1. The molecule has 2 aromatic carbocycles. The van der Waals surface area contributed by atoms with Gasteiger partial charge in [-0.1, -0.05) is 36.4 Å². The third-order valence-electron chi connectivity index (χ3n) is 6.31. The molecule has 1 aliphatic rings. The lowest BCUT2D eigenvalue weighted by atomic mass is 9.89. The Kier molecular flexibility index (Phi) is 4.60. The molecule has 1 aliphatic heterocycles. The number of primary amides is 1. The molecule has 3 heterocycles. The number of pyridine rings is 1. The van der Waals surface area contributed by atoms with E-state index in [2.05, 4.69) is 18.2 Å². The second-order valence-corrected chi connectivity index (χ2v) is 9.22. The van der Waals surface area contributed by atoms with Gasteiger partial charge in [-0.2, -0.15) is 0 Å². The monoisotopic (exact) mass is 433 g/mol. The van der Waals surface area contributed by atoms with Gasteiger partial charge in [0.2, 0.25) is 0 Å². The number of anilines is 1. The minimum absolute atomic E-state index is 0.00787. The fourth-order valence-electron chi connectivity index (χ4n) is 4.59. The van der Waals surface area contributed by atoms with Gasteiger partial charge in [0.25, 0.3) is 11.5 Å². The summed E-state index contributed by atoms with van der Waals surface area (Å²) in [6.45, 7) is 1.03. The molecule has 0 unspecified atom stereocenters. The molecule has 3 N–H and O–H groups in total. The van der Waals surface area contributed by atoms with E-state index in [9.17, 15) is 14.7 Å². The van der Waals surface area contributed by atoms with Crippen LogP contribution in [-0.4, -0.2) is 28.7 Å². The van der Waals surface area contributed by atoms with Crippen molar-refractivity contribution in [1.82, 2.24) is 4.57 Å². The summed E-state index contributed by atoms with van der Waals surface area (Å²) in [4.78, 5) is 28.2. The Morgan fingerprint density at radius 2 is 1.77 bits per heavy atom. The third kappa shape index (κ3) is 3.12. The molecule has 1 saturated heterocycles. The third-order valence-corrected chi connectivity index (χ3v) is 7.62. The smallest absolute Gasteiger partial charge is 0.265 e. The van der Waals surface area contributed by atoms with Crippen LogP contribution < -0.4 is 16.2 Å². The average Bonchev–Trinajstić information content (AvgIpc) is 3.22. The Labute approximate surface area is 183 Å². The zero-order valence-electron chi connectivity index (χ0n) is 17.2. The minimum atomic E-state index is -0.928. The topological polar surface area (TPSA) is 88.6 Å². The first-order valence-electron chi connectivity index (χ1n) is 10.3. The Morgan fingerprint density at radius 3 is 2.48 bits per heavy atom. The van der Waals surface area contributed by atoms with Gasteiger partial charge < -0.3 is 20.3 Å². The zero-order chi connectivity index (χ0) is 21.8. The van der Waals surface area contributed by atoms with E-state index in [1.165, 1.54) is 4.57 Å². The molecule has 5 rings (SSSR count).